The Labute approximate surface area is 149 Å². The zero-order valence-corrected chi connectivity index (χ0v) is 15.9. The van der Waals surface area contributed by atoms with Crippen molar-refractivity contribution in [2.24, 2.45) is 5.73 Å². The number of hydrogen-bond acceptors (Lipinski definition) is 2. The molecule has 0 aliphatic heterocycles. The van der Waals surface area contributed by atoms with Gasteiger partial charge in [-0.3, -0.25) is 9.59 Å². The second-order valence-corrected chi connectivity index (χ2v) is 6.91. The van der Waals surface area contributed by atoms with Gasteiger partial charge in [0.15, 0.2) is 0 Å². The minimum absolute atomic E-state index is 0.172. The molecule has 2 amide bonds. The fourth-order valence-electron chi connectivity index (χ4n) is 2.88. The molecule has 4 nitrogen and oxygen atoms in total. The van der Waals surface area contributed by atoms with Crippen molar-refractivity contribution in [1.82, 2.24) is 5.32 Å². The van der Waals surface area contributed by atoms with Crippen LogP contribution in [0.25, 0.3) is 0 Å². The Bertz CT molecular complexity index is 306. The van der Waals surface area contributed by atoms with Crippen LogP contribution in [0.3, 0.4) is 0 Å². The van der Waals surface area contributed by atoms with Crippen LogP contribution in [0, 0.1) is 0 Å². The van der Waals surface area contributed by atoms with E-state index in [1.165, 1.54) is 64.2 Å². The molecule has 0 bridgehead atoms. The van der Waals surface area contributed by atoms with Gasteiger partial charge in [0.25, 0.3) is 0 Å². The molecule has 0 radical (unpaired) electrons. The summed E-state index contributed by atoms with van der Waals surface area (Å²) in [5.41, 5.74) is 5.11. The fourth-order valence-corrected chi connectivity index (χ4v) is 2.88. The molecule has 24 heavy (non-hydrogen) atoms. The summed E-state index contributed by atoms with van der Waals surface area (Å²) in [6.45, 7) is 2.89. The predicted octanol–water partition coefficient (Wildman–Crippen LogP) is 4.85. The van der Waals surface area contributed by atoms with Crippen molar-refractivity contribution in [1.29, 1.82) is 0 Å². The van der Waals surface area contributed by atoms with E-state index in [4.69, 9.17) is 5.73 Å². The molecule has 0 saturated heterocycles. The van der Waals surface area contributed by atoms with Gasteiger partial charge in [-0.15, -0.1) is 0 Å². The SMILES string of the molecule is CCCNC(=O)CCCCCCCCCCCCCCCC(N)=O. The summed E-state index contributed by atoms with van der Waals surface area (Å²) >= 11 is 0. The topological polar surface area (TPSA) is 72.2 Å². The fraction of sp³-hybridized carbons (Fsp3) is 0.900. The molecule has 0 atom stereocenters. The zero-order chi connectivity index (χ0) is 17.9. The van der Waals surface area contributed by atoms with Gasteiger partial charge in [0.1, 0.15) is 0 Å². The third-order valence-electron chi connectivity index (χ3n) is 4.40. The van der Waals surface area contributed by atoms with E-state index < -0.39 is 0 Å². The molecule has 142 valence electrons. The maximum atomic E-state index is 11.4. The smallest absolute Gasteiger partial charge is 0.219 e. The van der Waals surface area contributed by atoms with Crippen molar-refractivity contribution in [2.45, 2.75) is 110 Å². The lowest BCUT2D eigenvalue weighted by Gasteiger charge is -2.04. The molecular formula is C20H40N2O2. The standard InChI is InChI=1S/C20H40N2O2/c1-2-18-22-20(24)17-15-13-11-9-7-5-3-4-6-8-10-12-14-16-19(21)23/h2-18H2,1H3,(H2,21,23)(H,22,24). The van der Waals surface area contributed by atoms with Crippen LogP contribution in [-0.2, 0) is 9.59 Å². The number of hydrogen-bond donors (Lipinski definition) is 2. The van der Waals surface area contributed by atoms with E-state index >= 15 is 0 Å². The molecule has 0 aromatic carbocycles. The average Bonchev–Trinajstić information content (AvgIpc) is 2.56. The molecule has 0 fully saturated rings. The van der Waals surface area contributed by atoms with Crippen molar-refractivity contribution in [3.8, 4) is 0 Å². The maximum absolute atomic E-state index is 11.4. The molecule has 0 aromatic heterocycles. The molecule has 0 heterocycles. The van der Waals surface area contributed by atoms with Gasteiger partial charge in [-0.25, -0.2) is 0 Å². The van der Waals surface area contributed by atoms with E-state index in [9.17, 15) is 9.59 Å². The van der Waals surface area contributed by atoms with Crippen LogP contribution >= 0.6 is 0 Å². The van der Waals surface area contributed by atoms with Gasteiger partial charge in [-0.2, -0.15) is 0 Å². The molecule has 0 aliphatic rings. The summed E-state index contributed by atoms with van der Waals surface area (Å²) in [5.74, 6) is 0.0428. The van der Waals surface area contributed by atoms with E-state index in [0.29, 0.717) is 12.8 Å². The maximum Gasteiger partial charge on any atom is 0.219 e. The number of unbranched alkanes of at least 4 members (excludes halogenated alkanes) is 12. The lowest BCUT2D eigenvalue weighted by atomic mass is 10.0. The van der Waals surface area contributed by atoms with Crippen LogP contribution in [0.5, 0.6) is 0 Å². The van der Waals surface area contributed by atoms with Gasteiger partial charge >= 0.3 is 0 Å². The van der Waals surface area contributed by atoms with Crippen LogP contribution < -0.4 is 11.1 Å². The highest BCUT2D eigenvalue weighted by atomic mass is 16.1. The summed E-state index contributed by atoms with van der Waals surface area (Å²) in [7, 11) is 0. The van der Waals surface area contributed by atoms with E-state index in [2.05, 4.69) is 12.2 Å². The largest absolute Gasteiger partial charge is 0.370 e. The second kappa shape index (κ2) is 18.3. The van der Waals surface area contributed by atoms with E-state index in [1.807, 2.05) is 0 Å². The first kappa shape index (κ1) is 22.9. The normalized spacial score (nSPS) is 10.7. The molecule has 0 saturated carbocycles. The minimum atomic E-state index is -0.172. The Morgan fingerprint density at radius 1 is 0.667 bits per heavy atom. The highest BCUT2D eigenvalue weighted by molar-refractivity contribution is 5.75. The van der Waals surface area contributed by atoms with Crippen molar-refractivity contribution >= 4 is 11.8 Å². The van der Waals surface area contributed by atoms with Gasteiger partial charge < -0.3 is 11.1 Å². The highest BCUT2D eigenvalue weighted by Crippen LogP contribution is 2.13. The Morgan fingerprint density at radius 2 is 1.04 bits per heavy atom. The minimum Gasteiger partial charge on any atom is -0.370 e. The summed E-state index contributed by atoms with van der Waals surface area (Å²) in [5, 5.41) is 2.92. The Morgan fingerprint density at radius 3 is 1.42 bits per heavy atom. The third kappa shape index (κ3) is 19.0. The van der Waals surface area contributed by atoms with Crippen LogP contribution in [0.2, 0.25) is 0 Å². The van der Waals surface area contributed by atoms with Crippen LogP contribution in [0.15, 0.2) is 0 Å². The summed E-state index contributed by atoms with van der Waals surface area (Å²) in [6.07, 6.45) is 18.4. The molecule has 0 rings (SSSR count). The second-order valence-electron chi connectivity index (χ2n) is 6.91. The molecule has 3 N–H and O–H groups in total. The highest BCUT2D eigenvalue weighted by Gasteiger charge is 1.99. The van der Waals surface area contributed by atoms with Crippen molar-refractivity contribution in [3.05, 3.63) is 0 Å². The number of carbonyl (C=O) groups is 2. The van der Waals surface area contributed by atoms with E-state index in [-0.39, 0.29) is 11.8 Å². The number of carbonyl (C=O) groups excluding carboxylic acids is 2. The number of primary amides is 1. The molecule has 0 aromatic rings. The van der Waals surface area contributed by atoms with E-state index in [1.54, 1.807) is 0 Å². The molecular weight excluding hydrogens is 300 g/mol. The number of rotatable bonds is 18. The number of nitrogens with two attached hydrogens (primary N) is 1. The number of nitrogens with one attached hydrogen (secondary N) is 1. The lowest BCUT2D eigenvalue weighted by Crippen LogP contribution is -2.23. The van der Waals surface area contributed by atoms with Gasteiger partial charge in [0.2, 0.25) is 11.8 Å². The van der Waals surface area contributed by atoms with Crippen LogP contribution in [0.1, 0.15) is 110 Å². The Balaban J connectivity index is 3.07. The Kier molecular flexibility index (Phi) is 17.5. The molecule has 0 aliphatic carbocycles. The third-order valence-corrected chi connectivity index (χ3v) is 4.40. The summed E-state index contributed by atoms with van der Waals surface area (Å²) in [4.78, 5) is 22.0. The van der Waals surface area contributed by atoms with Gasteiger partial charge in [-0.05, 0) is 19.3 Å². The molecule has 0 unspecified atom stereocenters. The molecule has 4 heteroatoms. The zero-order valence-electron chi connectivity index (χ0n) is 15.9. The quantitative estimate of drug-likeness (QED) is 0.350. The van der Waals surface area contributed by atoms with E-state index in [0.717, 1.165) is 32.2 Å². The van der Waals surface area contributed by atoms with Gasteiger partial charge in [0, 0.05) is 19.4 Å². The molecule has 0 spiro atoms. The van der Waals surface area contributed by atoms with Gasteiger partial charge in [0.05, 0.1) is 0 Å². The van der Waals surface area contributed by atoms with Crippen molar-refractivity contribution in [3.63, 3.8) is 0 Å². The first-order chi connectivity index (χ1) is 11.7. The van der Waals surface area contributed by atoms with Crippen molar-refractivity contribution in [2.75, 3.05) is 6.54 Å². The summed E-state index contributed by atoms with van der Waals surface area (Å²) in [6, 6.07) is 0. The average molecular weight is 341 g/mol. The number of amides is 2. The van der Waals surface area contributed by atoms with Gasteiger partial charge in [-0.1, -0.05) is 77.6 Å². The van der Waals surface area contributed by atoms with Crippen molar-refractivity contribution < 1.29 is 9.59 Å². The first-order valence-electron chi connectivity index (χ1n) is 10.2. The van der Waals surface area contributed by atoms with Crippen LogP contribution in [-0.4, -0.2) is 18.4 Å². The van der Waals surface area contributed by atoms with Crippen LogP contribution in [0.4, 0.5) is 0 Å². The first-order valence-corrected chi connectivity index (χ1v) is 10.2. The lowest BCUT2D eigenvalue weighted by molar-refractivity contribution is -0.121. The monoisotopic (exact) mass is 340 g/mol. The Hall–Kier alpha value is -1.06. The summed E-state index contributed by atoms with van der Waals surface area (Å²) < 4.78 is 0. The predicted molar refractivity (Wildman–Crippen MR) is 102 cm³/mol.